The van der Waals surface area contributed by atoms with Gasteiger partial charge in [-0.1, -0.05) is 0 Å². The summed E-state index contributed by atoms with van der Waals surface area (Å²) in [5.41, 5.74) is -0.833. The van der Waals surface area contributed by atoms with Gasteiger partial charge in [0.05, 0.1) is 5.69 Å². The van der Waals surface area contributed by atoms with Gasteiger partial charge in [-0.2, -0.15) is 0 Å². The van der Waals surface area contributed by atoms with Gasteiger partial charge < -0.3 is 20.5 Å². The Kier molecular flexibility index (Phi) is 3.05. The van der Waals surface area contributed by atoms with E-state index in [-0.39, 0.29) is 5.69 Å². The van der Waals surface area contributed by atoms with Crippen molar-refractivity contribution >= 4 is 6.03 Å². The van der Waals surface area contributed by atoms with E-state index in [0.29, 0.717) is 6.54 Å². The van der Waals surface area contributed by atoms with E-state index in [1.807, 2.05) is 0 Å². The first kappa shape index (κ1) is 10.5. The zero-order chi connectivity index (χ0) is 10.7. The highest BCUT2D eigenvalue weighted by molar-refractivity contribution is 5.76. The summed E-state index contributed by atoms with van der Waals surface area (Å²) in [5.74, 6) is 0. The van der Waals surface area contributed by atoms with Crippen LogP contribution in [0.25, 0.3) is 0 Å². The number of rotatable bonds is 2. The number of aliphatic hydroxyl groups excluding tert-OH is 1. The molecule has 0 aromatic carbocycles. The van der Waals surface area contributed by atoms with Gasteiger partial charge in [-0.25, -0.2) is 14.2 Å². The fourth-order valence-corrected chi connectivity index (χ4v) is 0.932. The number of hydrogen-bond donors (Lipinski definition) is 4. The van der Waals surface area contributed by atoms with E-state index in [2.05, 4.69) is 10.3 Å². The predicted molar refractivity (Wildman–Crippen MR) is 46.7 cm³/mol. The van der Waals surface area contributed by atoms with E-state index < -0.39 is 18.0 Å². The lowest BCUT2D eigenvalue weighted by Gasteiger charge is -1.99. The molecule has 0 spiro atoms. The molecule has 14 heavy (non-hydrogen) atoms. The Hall–Kier alpha value is -1.60. The molecule has 0 unspecified atom stereocenters. The van der Waals surface area contributed by atoms with E-state index in [1.54, 1.807) is 6.92 Å². The Morgan fingerprint density at radius 3 is 2.79 bits per heavy atom. The van der Waals surface area contributed by atoms with Crippen LogP contribution in [-0.2, 0) is 0 Å². The summed E-state index contributed by atoms with van der Waals surface area (Å²) in [4.78, 5) is 24.4. The number of carbonyl (C=O) groups excluding carboxylic acids is 1. The quantitative estimate of drug-likeness (QED) is 0.448. The van der Waals surface area contributed by atoms with E-state index in [0.717, 1.165) is 10.8 Å². The Balaban J connectivity index is 2.99. The second kappa shape index (κ2) is 4.07. The van der Waals surface area contributed by atoms with Crippen molar-refractivity contribution in [2.45, 2.75) is 13.2 Å². The number of imidazole rings is 1. The Labute approximate surface area is 79.0 Å². The number of carbonyl (C=O) groups is 1. The van der Waals surface area contributed by atoms with E-state index in [1.165, 1.54) is 0 Å². The molecule has 4 N–H and O–H groups in total. The molecule has 1 aromatic rings. The van der Waals surface area contributed by atoms with Crippen molar-refractivity contribution < 1.29 is 15.0 Å². The van der Waals surface area contributed by atoms with Crippen LogP contribution in [0.5, 0.6) is 0 Å². The Morgan fingerprint density at radius 2 is 2.36 bits per heavy atom. The third-order valence-corrected chi connectivity index (χ3v) is 1.56. The van der Waals surface area contributed by atoms with Crippen molar-refractivity contribution in [1.29, 1.82) is 0 Å². The summed E-state index contributed by atoms with van der Waals surface area (Å²) in [6, 6.07) is -0.611. The lowest BCUT2D eigenvalue weighted by atomic mass is 10.5. The lowest BCUT2D eigenvalue weighted by molar-refractivity contribution is -0.0456. The third kappa shape index (κ3) is 2.01. The molecule has 1 amide bonds. The largest absolute Gasteiger partial charge is 0.363 e. The topological polar surface area (TPSA) is 107 Å². The maximum Gasteiger partial charge on any atom is 0.334 e. The normalized spacial score (nSPS) is 10.6. The zero-order valence-electron chi connectivity index (χ0n) is 7.52. The number of amides is 1. The third-order valence-electron chi connectivity index (χ3n) is 1.56. The number of nitrogens with zero attached hydrogens (tertiary/aromatic N) is 1. The van der Waals surface area contributed by atoms with Crippen molar-refractivity contribution in [2.75, 3.05) is 6.54 Å². The van der Waals surface area contributed by atoms with Crippen LogP contribution < -0.4 is 11.0 Å². The van der Waals surface area contributed by atoms with Crippen molar-refractivity contribution in [3.8, 4) is 0 Å². The van der Waals surface area contributed by atoms with Crippen LogP contribution in [0.2, 0.25) is 0 Å². The van der Waals surface area contributed by atoms with Crippen LogP contribution in [0, 0.1) is 0 Å². The highest BCUT2D eigenvalue weighted by Gasteiger charge is 2.12. The summed E-state index contributed by atoms with van der Waals surface area (Å²) in [7, 11) is 0. The minimum atomic E-state index is -1.79. The van der Waals surface area contributed by atoms with Gasteiger partial charge in [0.25, 0.3) is 0 Å². The second-order valence-corrected chi connectivity index (χ2v) is 2.59. The van der Waals surface area contributed by atoms with Gasteiger partial charge in [-0.15, -0.1) is 0 Å². The average molecular weight is 201 g/mol. The molecular formula is C7H11N3O4. The van der Waals surface area contributed by atoms with Crippen LogP contribution in [0.3, 0.4) is 0 Å². The van der Waals surface area contributed by atoms with E-state index >= 15 is 0 Å². The first-order valence-corrected chi connectivity index (χ1v) is 4.02. The fraction of sp³-hybridized carbons (Fsp3) is 0.429. The molecule has 0 fully saturated rings. The fourth-order valence-electron chi connectivity index (χ4n) is 0.932. The first-order chi connectivity index (χ1) is 6.56. The molecular weight excluding hydrogens is 190 g/mol. The standard InChI is InChI=1S/C7H11N3O4/c1-2-8-6(13)10-3-4(5(11)12)9-7(10)14/h3,5,11-12H,2H2,1H3,(H,8,13)(H,9,14). The van der Waals surface area contributed by atoms with E-state index in [4.69, 9.17) is 10.2 Å². The SMILES string of the molecule is CCNC(=O)n1cc(C(O)O)[nH]c1=O. The lowest BCUT2D eigenvalue weighted by Crippen LogP contribution is -2.34. The summed E-state index contributed by atoms with van der Waals surface area (Å²) in [6.45, 7) is 2.09. The smallest absolute Gasteiger partial charge is 0.334 e. The highest BCUT2D eigenvalue weighted by Crippen LogP contribution is 2.02. The minimum Gasteiger partial charge on any atom is -0.363 e. The van der Waals surface area contributed by atoms with Crippen molar-refractivity contribution in [1.82, 2.24) is 14.9 Å². The molecule has 0 radical (unpaired) electrons. The van der Waals surface area contributed by atoms with Crippen LogP contribution in [0.4, 0.5) is 4.79 Å². The first-order valence-electron chi connectivity index (χ1n) is 4.02. The molecule has 7 heteroatoms. The molecule has 7 nitrogen and oxygen atoms in total. The molecule has 1 aromatic heterocycles. The summed E-state index contributed by atoms with van der Waals surface area (Å²) in [5, 5.41) is 19.8. The molecule has 0 atom stereocenters. The summed E-state index contributed by atoms with van der Waals surface area (Å²) in [6.07, 6.45) is -0.753. The number of hydrogen-bond acceptors (Lipinski definition) is 4. The molecule has 0 saturated carbocycles. The maximum absolute atomic E-state index is 11.2. The zero-order valence-corrected chi connectivity index (χ0v) is 7.52. The van der Waals surface area contributed by atoms with Gasteiger partial charge in [0, 0.05) is 12.7 Å². The van der Waals surface area contributed by atoms with Crippen molar-refractivity contribution in [2.24, 2.45) is 0 Å². The summed E-state index contributed by atoms with van der Waals surface area (Å²) < 4.78 is 0.734. The summed E-state index contributed by atoms with van der Waals surface area (Å²) >= 11 is 0. The second-order valence-electron chi connectivity index (χ2n) is 2.59. The number of H-pyrrole nitrogens is 1. The molecule has 0 aliphatic heterocycles. The highest BCUT2D eigenvalue weighted by atomic mass is 16.5. The molecule has 1 rings (SSSR count). The molecule has 0 aliphatic rings. The van der Waals surface area contributed by atoms with Crippen LogP contribution >= 0.6 is 0 Å². The maximum atomic E-state index is 11.2. The molecule has 0 bridgehead atoms. The predicted octanol–water partition coefficient (Wildman–Crippen LogP) is -1.26. The van der Waals surface area contributed by atoms with Gasteiger partial charge in [0.1, 0.15) is 0 Å². The number of aromatic amines is 1. The van der Waals surface area contributed by atoms with Crippen LogP contribution in [-0.4, -0.2) is 32.3 Å². The van der Waals surface area contributed by atoms with Crippen LogP contribution in [0.15, 0.2) is 11.0 Å². The van der Waals surface area contributed by atoms with Gasteiger partial charge in [-0.3, -0.25) is 0 Å². The molecule has 1 heterocycles. The van der Waals surface area contributed by atoms with Crippen molar-refractivity contribution in [3.05, 3.63) is 22.4 Å². The molecule has 0 saturated heterocycles. The van der Waals surface area contributed by atoms with Gasteiger partial charge in [-0.05, 0) is 6.92 Å². The van der Waals surface area contributed by atoms with Crippen LogP contribution in [0.1, 0.15) is 18.9 Å². The van der Waals surface area contributed by atoms with Gasteiger partial charge >= 0.3 is 11.7 Å². The molecule has 78 valence electrons. The molecule has 0 aliphatic carbocycles. The monoisotopic (exact) mass is 201 g/mol. The number of nitrogens with one attached hydrogen (secondary N) is 2. The Morgan fingerprint density at radius 1 is 1.71 bits per heavy atom. The number of aliphatic hydroxyl groups is 2. The van der Waals surface area contributed by atoms with E-state index in [9.17, 15) is 9.59 Å². The number of aromatic nitrogens is 2. The van der Waals surface area contributed by atoms with Crippen molar-refractivity contribution in [3.63, 3.8) is 0 Å². The van der Waals surface area contributed by atoms with Gasteiger partial charge in [0.2, 0.25) is 0 Å². The van der Waals surface area contributed by atoms with Gasteiger partial charge in [0.15, 0.2) is 6.29 Å². The minimum absolute atomic E-state index is 0.124. The Bertz CT molecular complexity index is 379. The average Bonchev–Trinajstić information content (AvgIpc) is 2.48.